The van der Waals surface area contributed by atoms with Gasteiger partial charge < -0.3 is 32.7 Å². The Bertz CT molecular complexity index is 788. The number of nitrogens with zero attached hydrogens (tertiary/aromatic N) is 1. The van der Waals surface area contributed by atoms with Crippen LogP contribution in [0.15, 0.2) is 0 Å². The average molecular weight is 664 g/mol. The second kappa shape index (κ2) is 28.9. The van der Waals surface area contributed by atoms with Crippen molar-refractivity contribution in [2.24, 2.45) is 0 Å². The van der Waals surface area contributed by atoms with Crippen molar-refractivity contribution < 1.29 is 46.8 Å². The highest BCUT2D eigenvalue weighted by Crippen LogP contribution is 2.38. The van der Waals surface area contributed by atoms with Gasteiger partial charge in [0.1, 0.15) is 26.0 Å². The topological polar surface area (TPSA) is 128 Å². The normalized spacial score (nSPS) is 13.7. The maximum Gasteiger partial charge on any atom is 0.306 e. The molecular formula is C34H66NO9P. The molecule has 0 saturated carbocycles. The van der Waals surface area contributed by atoms with Gasteiger partial charge in [-0.3, -0.25) is 14.2 Å². The zero-order valence-corrected chi connectivity index (χ0v) is 30.0. The molecule has 0 N–H and O–H groups in total. The Morgan fingerprint density at radius 2 is 1.16 bits per heavy atom. The van der Waals surface area contributed by atoms with E-state index in [0.29, 0.717) is 23.9 Å². The molecule has 10 nitrogen and oxygen atoms in total. The summed E-state index contributed by atoms with van der Waals surface area (Å²) in [6, 6.07) is 0. The molecule has 0 saturated heterocycles. The summed E-state index contributed by atoms with van der Waals surface area (Å²) >= 11 is 0. The van der Waals surface area contributed by atoms with Gasteiger partial charge in [-0.1, -0.05) is 110 Å². The van der Waals surface area contributed by atoms with Crippen LogP contribution in [0.3, 0.4) is 0 Å². The van der Waals surface area contributed by atoms with E-state index < -0.39 is 32.5 Å². The molecule has 0 aromatic heterocycles. The number of rotatable bonds is 33. The standard InChI is InChI=1S/C34H66NO9P/c1-5-6-7-8-9-10-11-12-13-14-16-19-22-25-33(37)41-30-32(31-43-45(39,40)42-29-27-35(2,3)4)44-34(38)26-23-20-17-15-18-21-24-28-36/h28,32H,5-27,29-31H2,1-4H3/t32-/m1/s1. The number of unbranched alkanes of at least 4 members (excludes halogenated alkanes) is 18. The van der Waals surface area contributed by atoms with Crippen LogP contribution >= 0.6 is 7.82 Å². The first-order valence-electron chi connectivity index (χ1n) is 17.7. The van der Waals surface area contributed by atoms with Gasteiger partial charge in [0.2, 0.25) is 0 Å². The van der Waals surface area contributed by atoms with E-state index in [0.717, 1.165) is 57.7 Å². The molecule has 45 heavy (non-hydrogen) atoms. The number of hydrogen-bond donors (Lipinski definition) is 0. The lowest BCUT2D eigenvalue weighted by atomic mass is 10.0. The van der Waals surface area contributed by atoms with Crippen molar-refractivity contribution in [2.75, 3.05) is 47.5 Å². The van der Waals surface area contributed by atoms with Crippen LogP contribution in [-0.2, 0) is 37.5 Å². The number of carbonyl (C=O) groups excluding carboxylic acids is 3. The van der Waals surface area contributed by atoms with Gasteiger partial charge in [-0.2, -0.15) is 0 Å². The Kier molecular flexibility index (Phi) is 28.0. The molecule has 0 spiro atoms. The van der Waals surface area contributed by atoms with Gasteiger partial charge in [-0.05, 0) is 19.3 Å². The highest BCUT2D eigenvalue weighted by Gasteiger charge is 2.21. The minimum Gasteiger partial charge on any atom is -0.756 e. The molecule has 0 radical (unpaired) electrons. The van der Waals surface area contributed by atoms with Crippen molar-refractivity contribution >= 4 is 26.0 Å². The summed E-state index contributed by atoms with van der Waals surface area (Å²) in [5, 5.41) is 0. The maximum atomic E-state index is 12.5. The van der Waals surface area contributed by atoms with Crippen LogP contribution in [-0.4, -0.2) is 76.3 Å². The predicted molar refractivity (Wildman–Crippen MR) is 177 cm³/mol. The van der Waals surface area contributed by atoms with Crippen molar-refractivity contribution in [3.05, 3.63) is 0 Å². The third-order valence-corrected chi connectivity index (χ3v) is 8.56. The molecule has 0 aromatic carbocycles. The monoisotopic (exact) mass is 663 g/mol. The van der Waals surface area contributed by atoms with Gasteiger partial charge in [-0.15, -0.1) is 0 Å². The second-order valence-electron chi connectivity index (χ2n) is 13.2. The van der Waals surface area contributed by atoms with E-state index in [4.69, 9.17) is 18.5 Å². The van der Waals surface area contributed by atoms with E-state index in [2.05, 4.69) is 6.92 Å². The molecule has 2 atom stereocenters. The van der Waals surface area contributed by atoms with Crippen LogP contribution in [0, 0.1) is 0 Å². The molecule has 1 unspecified atom stereocenters. The number of quaternary nitrogens is 1. The van der Waals surface area contributed by atoms with Crippen LogP contribution in [0.2, 0.25) is 0 Å². The first-order chi connectivity index (χ1) is 21.5. The van der Waals surface area contributed by atoms with Crippen molar-refractivity contribution in [1.29, 1.82) is 0 Å². The van der Waals surface area contributed by atoms with Crippen molar-refractivity contribution in [3.63, 3.8) is 0 Å². The van der Waals surface area contributed by atoms with Crippen LogP contribution in [0.5, 0.6) is 0 Å². The number of aldehydes is 1. The zero-order valence-electron chi connectivity index (χ0n) is 29.1. The summed E-state index contributed by atoms with van der Waals surface area (Å²) in [7, 11) is 1.11. The molecule has 0 fully saturated rings. The Morgan fingerprint density at radius 1 is 0.689 bits per heavy atom. The fourth-order valence-corrected chi connectivity index (χ4v) is 5.48. The number of phosphoric ester groups is 1. The van der Waals surface area contributed by atoms with E-state index in [-0.39, 0.29) is 26.1 Å². The molecule has 0 rings (SSSR count). The molecule has 0 aliphatic heterocycles. The van der Waals surface area contributed by atoms with Gasteiger partial charge in [0.15, 0.2) is 6.10 Å². The van der Waals surface area contributed by atoms with Gasteiger partial charge in [0.05, 0.1) is 27.7 Å². The molecule has 0 bridgehead atoms. The van der Waals surface area contributed by atoms with E-state index in [1.165, 1.54) is 64.2 Å². The lowest BCUT2D eigenvalue weighted by molar-refractivity contribution is -0.870. The molecular weight excluding hydrogens is 597 g/mol. The predicted octanol–water partition coefficient (Wildman–Crippen LogP) is 7.45. The van der Waals surface area contributed by atoms with E-state index >= 15 is 0 Å². The first kappa shape index (κ1) is 43.7. The van der Waals surface area contributed by atoms with E-state index in [1.54, 1.807) is 0 Å². The molecule has 0 amide bonds. The number of esters is 2. The number of phosphoric acid groups is 1. The molecule has 266 valence electrons. The van der Waals surface area contributed by atoms with Gasteiger partial charge in [0.25, 0.3) is 7.82 Å². The van der Waals surface area contributed by atoms with Crippen LogP contribution in [0.4, 0.5) is 0 Å². The van der Waals surface area contributed by atoms with E-state index in [9.17, 15) is 23.8 Å². The average Bonchev–Trinajstić information content (AvgIpc) is 2.97. The molecule has 0 aliphatic carbocycles. The highest BCUT2D eigenvalue weighted by atomic mass is 31.2. The number of ether oxygens (including phenoxy) is 2. The smallest absolute Gasteiger partial charge is 0.306 e. The molecule has 11 heteroatoms. The third kappa shape index (κ3) is 32.4. The lowest BCUT2D eigenvalue weighted by Gasteiger charge is -2.28. The Labute approximate surface area is 274 Å². The van der Waals surface area contributed by atoms with Crippen molar-refractivity contribution in [1.82, 2.24) is 0 Å². The van der Waals surface area contributed by atoms with E-state index in [1.807, 2.05) is 21.1 Å². The summed E-state index contributed by atoms with van der Waals surface area (Å²) in [5.74, 6) is -0.901. The maximum absolute atomic E-state index is 12.5. The molecule has 0 aliphatic rings. The van der Waals surface area contributed by atoms with Crippen LogP contribution < -0.4 is 4.89 Å². The summed E-state index contributed by atoms with van der Waals surface area (Å²) in [5.41, 5.74) is 0. The minimum atomic E-state index is -4.62. The fourth-order valence-electron chi connectivity index (χ4n) is 4.75. The lowest BCUT2D eigenvalue weighted by Crippen LogP contribution is -2.37. The largest absolute Gasteiger partial charge is 0.756 e. The SMILES string of the molecule is CCCCCCCCCCCCCCCC(=O)OC[C@H](COP(=O)([O-])OCC[N+](C)(C)C)OC(=O)CCCCCCCCC=O. The zero-order chi connectivity index (χ0) is 33.7. The van der Waals surface area contributed by atoms with Gasteiger partial charge in [-0.25, -0.2) is 0 Å². The number of hydrogen-bond acceptors (Lipinski definition) is 9. The number of carbonyl (C=O) groups is 3. The van der Waals surface area contributed by atoms with Crippen LogP contribution in [0.1, 0.15) is 148 Å². The van der Waals surface area contributed by atoms with Crippen molar-refractivity contribution in [2.45, 2.75) is 154 Å². The fraction of sp³-hybridized carbons (Fsp3) is 0.912. The Morgan fingerprint density at radius 3 is 1.64 bits per heavy atom. The quantitative estimate of drug-likeness (QED) is 0.0231. The van der Waals surface area contributed by atoms with Crippen LogP contribution in [0.25, 0.3) is 0 Å². The number of likely N-dealkylation sites (N-methyl/N-ethyl adjacent to an activating group) is 1. The molecule has 0 aromatic rings. The summed E-state index contributed by atoms with van der Waals surface area (Å²) < 4.78 is 33.5. The highest BCUT2D eigenvalue weighted by molar-refractivity contribution is 7.45. The van der Waals surface area contributed by atoms with Crippen molar-refractivity contribution in [3.8, 4) is 0 Å². The van der Waals surface area contributed by atoms with Gasteiger partial charge in [0, 0.05) is 19.3 Å². The Balaban J connectivity index is 4.40. The van der Waals surface area contributed by atoms with Gasteiger partial charge >= 0.3 is 11.9 Å². The first-order valence-corrected chi connectivity index (χ1v) is 19.1. The third-order valence-electron chi connectivity index (χ3n) is 7.60. The summed E-state index contributed by atoms with van der Waals surface area (Å²) in [6.07, 6.45) is 22.0. The minimum absolute atomic E-state index is 0.0437. The summed E-state index contributed by atoms with van der Waals surface area (Å²) in [6.45, 7) is 1.89. The summed E-state index contributed by atoms with van der Waals surface area (Å²) in [4.78, 5) is 47.4. The second-order valence-corrected chi connectivity index (χ2v) is 14.6. The Hall–Kier alpha value is -1.32. The molecule has 0 heterocycles.